The number of thioether (sulfide) groups is 1. The summed E-state index contributed by atoms with van der Waals surface area (Å²) in [4.78, 5) is 32.5. The lowest BCUT2D eigenvalue weighted by Crippen LogP contribution is -2.18. The molecule has 1 N–H and O–H groups in total. The van der Waals surface area contributed by atoms with Crippen molar-refractivity contribution in [2.75, 3.05) is 5.75 Å². The van der Waals surface area contributed by atoms with Crippen LogP contribution in [0.25, 0.3) is 21.7 Å². The van der Waals surface area contributed by atoms with Crippen LogP contribution in [0.5, 0.6) is 0 Å². The molecule has 1 atom stereocenters. The summed E-state index contributed by atoms with van der Waals surface area (Å²) >= 11 is 1.42. The first-order chi connectivity index (χ1) is 13.6. The second kappa shape index (κ2) is 7.86. The van der Waals surface area contributed by atoms with Crippen molar-refractivity contribution in [1.82, 2.24) is 9.97 Å². The Hall–Kier alpha value is -3.12. The van der Waals surface area contributed by atoms with Crippen molar-refractivity contribution in [2.24, 2.45) is 0 Å². The molecule has 0 aliphatic heterocycles. The number of nitrogens with one attached hydrogen (secondary N) is 1. The summed E-state index contributed by atoms with van der Waals surface area (Å²) in [6.07, 6.45) is -0.637. The Labute approximate surface area is 165 Å². The molecule has 28 heavy (non-hydrogen) atoms. The Kier molecular flexibility index (Phi) is 5.12. The highest BCUT2D eigenvalue weighted by Crippen LogP contribution is 2.24. The van der Waals surface area contributed by atoms with E-state index in [2.05, 4.69) is 22.1 Å². The van der Waals surface area contributed by atoms with Gasteiger partial charge in [0, 0.05) is 4.90 Å². The van der Waals surface area contributed by atoms with Crippen LogP contribution < -0.4 is 5.56 Å². The maximum atomic E-state index is 12.2. The number of carbonyl (C=O) groups excluding carboxylic acids is 1. The van der Waals surface area contributed by atoms with E-state index in [1.807, 2.05) is 36.4 Å². The third kappa shape index (κ3) is 3.92. The van der Waals surface area contributed by atoms with E-state index in [0.717, 1.165) is 15.7 Å². The van der Waals surface area contributed by atoms with E-state index in [4.69, 9.17) is 4.74 Å². The molecular formula is C22H18N2O3S. The number of aromatic amines is 1. The predicted molar refractivity (Wildman–Crippen MR) is 112 cm³/mol. The molecule has 0 saturated carbocycles. The van der Waals surface area contributed by atoms with E-state index in [-0.39, 0.29) is 17.3 Å². The minimum absolute atomic E-state index is 0.181. The van der Waals surface area contributed by atoms with E-state index < -0.39 is 6.10 Å². The fourth-order valence-corrected chi connectivity index (χ4v) is 3.71. The van der Waals surface area contributed by atoms with E-state index in [9.17, 15) is 9.59 Å². The normalized spacial score (nSPS) is 12.2. The fourth-order valence-electron chi connectivity index (χ4n) is 2.98. The third-order valence-electron chi connectivity index (χ3n) is 4.40. The van der Waals surface area contributed by atoms with E-state index in [1.165, 1.54) is 11.8 Å². The summed E-state index contributed by atoms with van der Waals surface area (Å²) in [5.41, 5.74) is 0.337. The second-order valence-electron chi connectivity index (χ2n) is 6.40. The lowest BCUT2D eigenvalue weighted by molar-refractivity contribution is -0.145. The van der Waals surface area contributed by atoms with E-state index in [0.29, 0.717) is 16.7 Å². The minimum atomic E-state index is -0.637. The molecule has 4 rings (SSSR count). The molecular weight excluding hydrogens is 372 g/mol. The third-order valence-corrected chi connectivity index (χ3v) is 5.37. The van der Waals surface area contributed by atoms with E-state index >= 15 is 0 Å². The number of esters is 1. The molecule has 0 fully saturated rings. The van der Waals surface area contributed by atoms with Gasteiger partial charge in [0.1, 0.15) is 0 Å². The van der Waals surface area contributed by atoms with Gasteiger partial charge in [-0.05, 0) is 42.0 Å². The Morgan fingerprint density at radius 3 is 2.68 bits per heavy atom. The number of rotatable bonds is 5. The van der Waals surface area contributed by atoms with Gasteiger partial charge in [0.05, 0.1) is 16.7 Å². The molecule has 0 amide bonds. The molecule has 140 valence electrons. The predicted octanol–water partition coefficient (Wildman–Crippen LogP) is 4.47. The monoisotopic (exact) mass is 390 g/mol. The zero-order chi connectivity index (χ0) is 19.5. The van der Waals surface area contributed by atoms with Crippen LogP contribution in [-0.2, 0) is 9.53 Å². The number of H-pyrrole nitrogens is 1. The molecule has 5 nitrogen and oxygen atoms in total. The van der Waals surface area contributed by atoms with Crippen molar-refractivity contribution in [3.05, 3.63) is 82.9 Å². The van der Waals surface area contributed by atoms with Crippen molar-refractivity contribution < 1.29 is 9.53 Å². The van der Waals surface area contributed by atoms with E-state index in [1.54, 1.807) is 25.1 Å². The number of aromatic nitrogens is 2. The van der Waals surface area contributed by atoms with Crippen LogP contribution in [-0.4, -0.2) is 21.7 Å². The summed E-state index contributed by atoms with van der Waals surface area (Å²) in [6.45, 7) is 1.70. The number of para-hydroxylation sites is 1. The van der Waals surface area contributed by atoms with Gasteiger partial charge in [0.2, 0.25) is 0 Å². The van der Waals surface area contributed by atoms with Crippen molar-refractivity contribution in [3.8, 4) is 0 Å². The molecule has 3 aromatic carbocycles. The first kappa shape index (κ1) is 18.3. The van der Waals surface area contributed by atoms with Crippen LogP contribution in [0.1, 0.15) is 18.9 Å². The first-order valence-electron chi connectivity index (χ1n) is 8.90. The van der Waals surface area contributed by atoms with Gasteiger partial charge in [-0.2, -0.15) is 0 Å². The average Bonchev–Trinajstić information content (AvgIpc) is 2.72. The van der Waals surface area contributed by atoms with Gasteiger partial charge in [-0.3, -0.25) is 9.59 Å². The standard InChI is InChI=1S/C22H18N2O3S/c1-14(21-23-19-9-5-4-8-18(19)22(26)24-21)27-20(25)13-28-17-11-10-15-6-2-3-7-16(15)12-17/h2-12,14H,13H2,1H3,(H,23,24,26)/t14-/m1/s1. The largest absolute Gasteiger partial charge is 0.454 e. The number of nitrogens with zero attached hydrogens (tertiary/aromatic N) is 1. The highest BCUT2D eigenvalue weighted by atomic mass is 32.2. The summed E-state index contributed by atoms with van der Waals surface area (Å²) in [7, 11) is 0. The molecule has 0 aliphatic carbocycles. The van der Waals surface area contributed by atoms with Crippen LogP contribution in [0.4, 0.5) is 0 Å². The van der Waals surface area contributed by atoms with Gasteiger partial charge in [-0.1, -0.05) is 42.5 Å². The highest BCUT2D eigenvalue weighted by molar-refractivity contribution is 8.00. The summed E-state index contributed by atoms with van der Waals surface area (Å²) in [5, 5.41) is 2.80. The van der Waals surface area contributed by atoms with Crippen LogP contribution in [0.3, 0.4) is 0 Å². The lowest BCUT2D eigenvalue weighted by atomic mass is 10.1. The summed E-state index contributed by atoms with van der Waals surface area (Å²) < 4.78 is 5.46. The second-order valence-corrected chi connectivity index (χ2v) is 7.45. The zero-order valence-corrected chi connectivity index (χ0v) is 16.0. The molecule has 4 aromatic rings. The molecule has 0 spiro atoms. The fraction of sp³-hybridized carbons (Fsp3) is 0.136. The van der Waals surface area contributed by atoms with Crippen molar-refractivity contribution in [2.45, 2.75) is 17.9 Å². The minimum Gasteiger partial charge on any atom is -0.454 e. The van der Waals surface area contributed by atoms with Crippen LogP contribution in [0.15, 0.2) is 76.4 Å². The zero-order valence-electron chi connectivity index (χ0n) is 15.2. The number of hydrogen-bond donors (Lipinski definition) is 1. The molecule has 0 unspecified atom stereocenters. The Bertz CT molecular complexity index is 1220. The highest BCUT2D eigenvalue weighted by Gasteiger charge is 2.16. The maximum Gasteiger partial charge on any atom is 0.316 e. The van der Waals surface area contributed by atoms with Gasteiger partial charge in [-0.25, -0.2) is 4.98 Å². The van der Waals surface area contributed by atoms with Crippen LogP contribution in [0.2, 0.25) is 0 Å². The molecule has 1 heterocycles. The van der Waals surface area contributed by atoms with Gasteiger partial charge in [-0.15, -0.1) is 11.8 Å². The number of carbonyl (C=O) groups is 1. The Morgan fingerprint density at radius 1 is 1.07 bits per heavy atom. The Balaban J connectivity index is 1.42. The summed E-state index contributed by atoms with van der Waals surface area (Å²) in [6, 6.07) is 21.2. The first-order valence-corrected chi connectivity index (χ1v) is 9.89. The number of hydrogen-bond acceptors (Lipinski definition) is 5. The quantitative estimate of drug-likeness (QED) is 0.402. The summed E-state index contributed by atoms with van der Waals surface area (Å²) in [5.74, 6) is 0.162. The number of ether oxygens (including phenoxy) is 1. The number of benzene rings is 3. The van der Waals surface area contributed by atoms with Crippen molar-refractivity contribution in [1.29, 1.82) is 0 Å². The molecule has 0 saturated heterocycles. The average molecular weight is 390 g/mol. The van der Waals surface area contributed by atoms with Gasteiger partial charge < -0.3 is 9.72 Å². The Morgan fingerprint density at radius 2 is 1.82 bits per heavy atom. The smallest absolute Gasteiger partial charge is 0.316 e. The van der Waals surface area contributed by atoms with Crippen LogP contribution in [0, 0.1) is 0 Å². The van der Waals surface area contributed by atoms with Gasteiger partial charge in [0.25, 0.3) is 5.56 Å². The van der Waals surface area contributed by atoms with Crippen molar-refractivity contribution >= 4 is 39.4 Å². The molecule has 6 heteroatoms. The molecule has 0 bridgehead atoms. The number of fused-ring (bicyclic) bond motifs is 2. The van der Waals surface area contributed by atoms with Crippen LogP contribution >= 0.6 is 11.8 Å². The van der Waals surface area contributed by atoms with Crippen molar-refractivity contribution in [3.63, 3.8) is 0 Å². The van der Waals surface area contributed by atoms with Gasteiger partial charge >= 0.3 is 5.97 Å². The van der Waals surface area contributed by atoms with Gasteiger partial charge in [0.15, 0.2) is 11.9 Å². The topological polar surface area (TPSA) is 72.0 Å². The SMILES string of the molecule is C[C@@H](OC(=O)CSc1ccc2ccccc2c1)c1nc2ccccc2c(=O)[nH]1. The molecule has 0 aliphatic rings. The molecule has 0 radical (unpaired) electrons. The lowest BCUT2D eigenvalue weighted by Gasteiger charge is -2.13. The maximum absolute atomic E-state index is 12.2. The molecule has 1 aromatic heterocycles.